The average Bonchev–Trinajstić information content (AvgIpc) is 2.78. The smallest absolute Gasteiger partial charge is 0.412 e. The number of aliphatic hydroxyl groups excluding tert-OH is 1. The van der Waals surface area contributed by atoms with Crippen molar-refractivity contribution in [2.24, 2.45) is 0 Å². The topological polar surface area (TPSA) is 117 Å². The predicted molar refractivity (Wildman–Crippen MR) is 119 cm³/mol. The Bertz CT molecular complexity index is 873. The zero-order valence-corrected chi connectivity index (χ0v) is 18.4. The van der Waals surface area contributed by atoms with Crippen molar-refractivity contribution in [1.82, 2.24) is 5.48 Å². The molecule has 0 bridgehead atoms. The Kier molecular flexibility index (Phi) is 10.6. The molecule has 2 rings (SSSR count). The minimum absolute atomic E-state index is 0.104. The SMILES string of the molecule is O=C(/C=C/CCC[C@@H](OC(=O)Nc1ccc(Br)cc1)c1cccc(OCCO)c1)NO. The number of halogens is 1. The standard InChI is InChI=1S/C22H25BrN2O6/c23-17-9-11-18(12-10-17)24-22(28)31-20(7-2-1-3-8-21(27)25-29)16-5-4-6-19(15-16)30-14-13-26/h3-6,8-12,15,20,26,29H,1-2,7,13-14H2,(H,24,28)(H,25,27)/b8-3+/t20-/m1/s1. The van der Waals surface area contributed by atoms with Crippen LogP contribution in [-0.2, 0) is 9.53 Å². The van der Waals surface area contributed by atoms with E-state index < -0.39 is 18.1 Å². The first kappa shape index (κ1) is 24.4. The third-order valence-corrected chi connectivity index (χ3v) is 4.67. The van der Waals surface area contributed by atoms with Crippen LogP contribution in [-0.4, -0.2) is 35.5 Å². The number of allylic oxidation sites excluding steroid dienone is 1. The molecule has 9 heteroatoms. The van der Waals surface area contributed by atoms with E-state index in [0.29, 0.717) is 30.7 Å². The lowest BCUT2D eigenvalue weighted by Crippen LogP contribution is -2.18. The Labute approximate surface area is 189 Å². The number of anilines is 1. The third kappa shape index (κ3) is 9.20. The Hall–Kier alpha value is -2.88. The third-order valence-electron chi connectivity index (χ3n) is 4.15. The number of hydroxylamine groups is 1. The van der Waals surface area contributed by atoms with E-state index in [9.17, 15) is 9.59 Å². The number of carbonyl (C=O) groups excluding carboxylic acids is 2. The van der Waals surface area contributed by atoms with E-state index in [1.165, 1.54) is 11.6 Å². The molecule has 0 aliphatic rings. The van der Waals surface area contributed by atoms with Gasteiger partial charge in [0, 0.05) is 16.2 Å². The van der Waals surface area contributed by atoms with E-state index in [1.807, 2.05) is 18.2 Å². The van der Waals surface area contributed by atoms with Gasteiger partial charge >= 0.3 is 6.09 Å². The lowest BCUT2D eigenvalue weighted by Gasteiger charge is -2.19. The quantitative estimate of drug-likeness (QED) is 0.160. The second-order valence-electron chi connectivity index (χ2n) is 6.48. The fourth-order valence-electron chi connectivity index (χ4n) is 2.72. The largest absolute Gasteiger partial charge is 0.491 e. The van der Waals surface area contributed by atoms with Crippen LogP contribution >= 0.6 is 15.9 Å². The summed E-state index contributed by atoms with van der Waals surface area (Å²) >= 11 is 3.35. The van der Waals surface area contributed by atoms with E-state index >= 15 is 0 Å². The lowest BCUT2D eigenvalue weighted by atomic mass is 10.0. The summed E-state index contributed by atoms with van der Waals surface area (Å²) in [5, 5.41) is 20.2. The van der Waals surface area contributed by atoms with Crippen molar-refractivity contribution in [3.05, 3.63) is 70.7 Å². The molecular weight excluding hydrogens is 468 g/mol. The van der Waals surface area contributed by atoms with Crippen LogP contribution in [0.5, 0.6) is 5.75 Å². The van der Waals surface area contributed by atoms with Crippen LogP contribution in [0.25, 0.3) is 0 Å². The normalized spacial score (nSPS) is 11.7. The first-order chi connectivity index (χ1) is 15.0. The summed E-state index contributed by atoms with van der Waals surface area (Å²) in [6.45, 7) is 0.0598. The molecule has 8 nitrogen and oxygen atoms in total. The summed E-state index contributed by atoms with van der Waals surface area (Å²) in [4.78, 5) is 23.5. The number of benzene rings is 2. The van der Waals surface area contributed by atoms with Crippen molar-refractivity contribution in [2.45, 2.75) is 25.4 Å². The summed E-state index contributed by atoms with van der Waals surface area (Å²) in [5.74, 6) is -0.0385. The van der Waals surface area contributed by atoms with Gasteiger partial charge in [0.25, 0.3) is 5.91 Å². The molecule has 0 aromatic heterocycles. The second-order valence-corrected chi connectivity index (χ2v) is 7.40. The van der Waals surface area contributed by atoms with Gasteiger partial charge in [0.05, 0.1) is 6.61 Å². The maximum absolute atomic E-state index is 12.5. The first-order valence-corrected chi connectivity index (χ1v) is 10.5. The van der Waals surface area contributed by atoms with Gasteiger partial charge in [-0.1, -0.05) is 34.1 Å². The number of hydrogen-bond acceptors (Lipinski definition) is 6. The number of carbonyl (C=O) groups is 2. The molecule has 4 N–H and O–H groups in total. The van der Waals surface area contributed by atoms with Gasteiger partial charge in [-0.25, -0.2) is 10.3 Å². The van der Waals surface area contributed by atoms with Crippen LogP contribution in [0.4, 0.5) is 10.5 Å². The number of unbranched alkanes of at least 4 members (excludes halogenated alkanes) is 1. The maximum atomic E-state index is 12.5. The number of nitrogens with one attached hydrogen (secondary N) is 2. The van der Waals surface area contributed by atoms with E-state index in [4.69, 9.17) is 19.8 Å². The highest BCUT2D eigenvalue weighted by molar-refractivity contribution is 9.10. The molecule has 2 amide bonds. The Morgan fingerprint density at radius 3 is 2.65 bits per heavy atom. The molecule has 0 saturated carbocycles. The van der Waals surface area contributed by atoms with Crippen molar-refractivity contribution < 1.29 is 29.4 Å². The van der Waals surface area contributed by atoms with Crippen LogP contribution < -0.4 is 15.5 Å². The zero-order valence-electron chi connectivity index (χ0n) is 16.8. The van der Waals surface area contributed by atoms with E-state index in [0.717, 1.165) is 10.0 Å². The van der Waals surface area contributed by atoms with Crippen LogP contribution in [0, 0.1) is 0 Å². The maximum Gasteiger partial charge on any atom is 0.412 e. The number of aliphatic hydroxyl groups is 1. The van der Waals surface area contributed by atoms with Crippen molar-refractivity contribution in [3.63, 3.8) is 0 Å². The number of amides is 2. The molecule has 0 heterocycles. The van der Waals surface area contributed by atoms with Gasteiger partial charge in [-0.05, 0) is 61.2 Å². The molecule has 0 aliphatic heterocycles. The number of ether oxygens (including phenoxy) is 2. The van der Waals surface area contributed by atoms with Gasteiger partial charge in [-0.15, -0.1) is 0 Å². The fourth-order valence-corrected chi connectivity index (χ4v) is 2.98. The summed E-state index contributed by atoms with van der Waals surface area (Å²) < 4.78 is 12.0. The molecule has 0 saturated heterocycles. The molecule has 2 aromatic carbocycles. The number of hydrogen-bond donors (Lipinski definition) is 4. The Morgan fingerprint density at radius 1 is 1.16 bits per heavy atom. The van der Waals surface area contributed by atoms with Crippen molar-refractivity contribution in [2.75, 3.05) is 18.5 Å². The summed E-state index contributed by atoms with van der Waals surface area (Å²) in [6.07, 6.45) is 3.42. The second kappa shape index (κ2) is 13.4. The first-order valence-electron chi connectivity index (χ1n) is 9.69. The van der Waals surface area contributed by atoms with E-state index in [-0.39, 0.29) is 13.2 Å². The van der Waals surface area contributed by atoms with Crippen molar-refractivity contribution in [1.29, 1.82) is 0 Å². The molecule has 1 atom stereocenters. The summed E-state index contributed by atoms with van der Waals surface area (Å²) in [6, 6.07) is 14.3. The fraction of sp³-hybridized carbons (Fsp3) is 0.273. The summed E-state index contributed by atoms with van der Waals surface area (Å²) in [5.41, 5.74) is 2.88. The molecule has 31 heavy (non-hydrogen) atoms. The van der Waals surface area contributed by atoms with Crippen LogP contribution in [0.1, 0.15) is 30.9 Å². The Morgan fingerprint density at radius 2 is 1.94 bits per heavy atom. The molecular formula is C22H25BrN2O6. The van der Waals surface area contributed by atoms with Gasteiger partial charge in [0.15, 0.2) is 0 Å². The highest BCUT2D eigenvalue weighted by Crippen LogP contribution is 2.27. The molecule has 0 radical (unpaired) electrons. The van der Waals surface area contributed by atoms with Crippen molar-refractivity contribution >= 4 is 33.6 Å². The predicted octanol–water partition coefficient (Wildman–Crippen LogP) is 4.34. The van der Waals surface area contributed by atoms with Gasteiger partial charge in [-0.3, -0.25) is 15.3 Å². The molecule has 166 valence electrons. The minimum Gasteiger partial charge on any atom is -0.491 e. The summed E-state index contributed by atoms with van der Waals surface area (Å²) in [7, 11) is 0. The van der Waals surface area contributed by atoms with E-state index in [1.54, 1.807) is 36.4 Å². The molecule has 2 aromatic rings. The minimum atomic E-state index is -0.601. The zero-order chi connectivity index (χ0) is 22.5. The van der Waals surface area contributed by atoms with Gasteiger partial charge in [0.2, 0.25) is 0 Å². The Balaban J connectivity index is 2.05. The molecule has 0 unspecified atom stereocenters. The highest BCUT2D eigenvalue weighted by atomic mass is 79.9. The number of rotatable bonds is 11. The van der Waals surface area contributed by atoms with Gasteiger partial charge in [-0.2, -0.15) is 0 Å². The van der Waals surface area contributed by atoms with Gasteiger partial charge in [0.1, 0.15) is 18.5 Å². The van der Waals surface area contributed by atoms with Crippen molar-refractivity contribution in [3.8, 4) is 5.75 Å². The van der Waals surface area contributed by atoms with Crippen LogP contribution in [0.3, 0.4) is 0 Å². The van der Waals surface area contributed by atoms with Crippen LogP contribution in [0.15, 0.2) is 65.2 Å². The highest BCUT2D eigenvalue weighted by Gasteiger charge is 2.17. The molecule has 0 aliphatic carbocycles. The van der Waals surface area contributed by atoms with E-state index in [2.05, 4.69) is 21.2 Å². The van der Waals surface area contributed by atoms with Gasteiger partial charge < -0.3 is 14.6 Å². The lowest BCUT2D eigenvalue weighted by molar-refractivity contribution is -0.124. The van der Waals surface area contributed by atoms with Crippen LogP contribution in [0.2, 0.25) is 0 Å². The average molecular weight is 493 g/mol. The molecule has 0 spiro atoms. The monoisotopic (exact) mass is 492 g/mol. The molecule has 0 fully saturated rings.